The number of nitrogens with one attached hydrogen (secondary N) is 2. The third-order valence-electron chi connectivity index (χ3n) is 3.79. The number of aliphatic hydroxyl groups excluding tert-OH is 1. The van der Waals surface area contributed by atoms with Crippen LogP contribution in [0.4, 0.5) is 0 Å². The Morgan fingerprint density at radius 3 is 2.48 bits per heavy atom. The number of aromatic nitrogens is 1. The van der Waals surface area contributed by atoms with E-state index < -0.39 is 5.41 Å². The minimum atomic E-state index is -0.457. The van der Waals surface area contributed by atoms with E-state index in [1.165, 1.54) is 0 Å². The first-order chi connectivity index (χ1) is 9.95. The predicted octanol–water partition coefficient (Wildman–Crippen LogP) is 2.81. The molecule has 4 nitrogen and oxygen atoms in total. The van der Waals surface area contributed by atoms with Crippen LogP contribution in [0.25, 0.3) is 0 Å². The second kappa shape index (κ2) is 6.14. The van der Waals surface area contributed by atoms with E-state index in [4.69, 9.17) is 0 Å². The Morgan fingerprint density at radius 1 is 1.29 bits per heavy atom. The molecule has 4 heteroatoms. The Bertz CT molecular complexity index is 602. The van der Waals surface area contributed by atoms with Gasteiger partial charge in [0.25, 0.3) is 5.91 Å². The van der Waals surface area contributed by atoms with Crippen LogP contribution in [0.15, 0.2) is 42.7 Å². The van der Waals surface area contributed by atoms with E-state index in [0.717, 1.165) is 11.1 Å². The van der Waals surface area contributed by atoms with Gasteiger partial charge in [0, 0.05) is 17.8 Å². The molecule has 3 N–H and O–H groups in total. The molecule has 21 heavy (non-hydrogen) atoms. The van der Waals surface area contributed by atoms with Gasteiger partial charge in [0.05, 0.1) is 18.2 Å². The summed E-state index contributed by atoms with van der Waals surface area (Å²) >= 11 is 0. The van der Waals surface area contributed by atoms with Crippen molar-refractivity contribution in [3.05, 3.63) is 59.4 Å². The van der Waals surface area contributed by atoms with Crippen LogP contribution in [0.3, 0.4) is 0 Å². The zero-order valence-corrected chi connectivity index (χ0v) is 12.7. The molecule has 0 saturated carbocycles. The molecule has 2 aromatic rings. The topological polar surface area (TPSA) is 65.1 Å². The number of carbonyl (C=O) groups excluding carboxylic acids is 1. The molecule has 0 unspecified atom stereocenters. The number of benzene rings is 1. The first-order valence-corrected chi connectivity index (χ1v) is 7.06. The van der Waals surface area contributed by atoms with Crippen LogP contribution >= 0.6 is 0 Å². The number of hydrogen-bond donors (Lipinski definition) is 3. The standard InChI is InChI=1S/C17H22N2O2/c1-12-9-18-10-14(12)16(21)19-15(17(2,3)11-20)13-7-5-4-6-8-13/h4-10,15,18,20H,11H2,1-3H3,(H,19,21)/t15-/m1/s1. The minimum Gasteiger partial charge on any atom is -0.396 e. The van der Waals surface area contributed by atoms with Crippen LogP contribution in [0, 0.1) is 12.3 Å². The molecule has 0 aliphatic heterocycles. The number of H-pyrrole nitrogens is 1. The van der Waals surface area contributed by atoms with E-state index >= 15 is 0 Å². The average Bonchev–Trinajstić information content (AvgIpc) is 2.91. The van der Waals surface area contributed by atoms with Gasteiger partial charge in [-0.05, 0) is 18.1 Å². The third-order valence-corrected chi connectivity index (χ3v) is 3.79. The Balaban J connectivity index is 2.29. The van der Waals surface area contributed by atoms with Gasteiger partial charge >= 0.3 is 0 Å². The van der Waals surface area contributed by atoms with E-state index in [9.17, 15) is 9.90 Å². The van der Waals surface area contributed by atoms with Gasteiger partial charge in [-0.1, -0.05) is 44.2 Å². The number of carbonyl (C=O) groups is 1. The summed E-state index contributed by atoms with van der Waals surface area (Å²) in [7, 11) is 0. The van der Waals surface area contributed by atoms with Gasteiger partial charge in [-0.2, -0.15) is 0 Å². The maximum atomic E-state index is 12.5. The highest BCUT2D eigenvalue weighted by Crippen LogP contribution is 2.33. The molecule has 0 radical (unpaired) electrons. The van der Waals surface area contributed by atoms with Crippen molar-refractivity contribution in [1.29, 1.82) is 0 Å². The second-order valence-electron chi connectivity index (χ2n) is 6.02. The monoisotopic (exact) mass is 286 g/mol. The van der Waals surface area contributed by atoms with Gasteiger partial charge in [-0.15, -0.1) is 0 Å². The van der Waals surface area contributed by atoms with E-state index in [1.54, 1.807) is 12.4 Å². The molecule has 0 aliphatic rings. The molecule has 1 atom stereocenters. The zero-order valence-electron chi connectivity index (χ0n) is 12.7. The summed E-state index contributed by atoms with van der Waals surface area (Å²) in [5, 5.41) is 12.7. The number of rotatable bonds is 5. The molecule has 2 rings (SSSR count). The van der Waals surface area contributed by atoms with E-state index in [-0.39, 0.29) is 18.6 Å². The van der Waals surface area contributed by atoms with Crippen molar-refractivity contribution in [3.8, 4) is 0 Å². The molecular weight excluding hydrogens is 264 g/mol. The molecular formula is C17H22N2O2. The highest BCUT2D eigenvalue weighted by atomic mass is 16.3. The highest BCUT2D eigenvalue weighted by molar-refractivity contribution is 5.95. The van der Waals surface area contributed by atoms with Crippen LogP contribution < -0.4 is 5.32 Å². The van der Waals surface area contributed by atoms with Crippen molar-refractivity contribution in [2.45, 2.75) is 26.8 Å². The Labute approximate surface area is 125 Å². The normalized spacial score (nSPS) is 13.0. The number of hydrogen-bond acceptors (Lipinski definition) is 2. The Morgan fingerprint density at radius 2 is 1.95 bits per heavy atom. The summed E-state index contributed by atoms with van der Waals surface area (Å²) < 4.78 is 0. The summed E-state index contributed by atoms with van der Waals surface area (Å²) in [6.07, 6.45) is 3.49. The predicted molar refractivity (Wildman–Crippen MR) is 83.0 cm³/mol. The highest BCUT2D eigenvalue weighted by Gasteiger charge is 2.32. The zero-order chi connectivity index (χ0) is 15.5. The lowest BCUT2D eigenvalue weighted by atomic mass is 9.81. The quantitative estimate of drug-likeness (QED) is 0.791. The number of aryl methyl sites for hydroxylation is 1. The average molecular weight is 286 g/mol. The van der Waals surface area contributed by atoms with Crippen LogP contribution in [0.2, 0.25) is 0 Å². The van der Waals surface area contributed by atoms with Crippen molar-refractivity contribution < 1.29 is 9.90 Å². The second-order valence-corrected chi connectivity index (χ2v) is 6.02. The van der Waals surface area contributed by atoms with Crippen molar-refractivity contribution in [1.82, 2.24) is 10.3 Å². The molecule has 1 amide bonds. The summed E-state index contributed by atoms with van der Waals surface area (Å²) in [6.45, 7) is 5.75. The molecule has 112 valence electrons. The van der Waals surface area contributed by atoms with Crippen molar-refractivity contribution in [2.75, 3.05) is 6.61 Å². The first-order valence-electron chi connectivity index (χ1n) is 7.06. The maximum Gasteiger partial charge on any atom is 0.253 e. The molecule has 0 fully saturated rings. The third kappa shape index (κ3) is 3.34. The Kier molecular flexibility index (Phi) is 4.48. The molecule has 1 aromatic heterocycles. The van der Waals surface area contributed by atoms with Crippen molar-refractivity contribution >= 4 is 5.91 Å². The number of amides is 1. The van der Waals surface area contributed by atoms with Crippen LogP contribution in [0.5, 0.6) is 0 Å². The van der Waals surface area contributed by atoms with Gasteiger partial charge in [-0.3, -0.25) is 4.79 Å². The van der Waals surface area contributed by atoms with Gasteiger partial charge in [0.1, 0.15) is 0 Å². The molecule has 0 saturated heterocycles. The molecule has 0 aliphatic carbocycles. The van der Waals surface area contributed by atoms with E-state index in [2.05, 4.69) is 10.3 Å². The van der Waals surface area contributed by atoms with E-state index in [1.807, 2.05) is 51.1 Å². The largest absolute Gasteiger partial charge is 0.396 e. The molecule has 0 spiro atoms. The molecule has 1 aromatic carbocycles. The van der Waals surface area contributed by atoms with Crippen LogP contribution in [-0.4, -0.2) is 22.6 Å². The number of aliphatic hydroxyl groups is 1. The fourth-order valence-corrected chi connectivity index (χ4v) is 2.36. The van der Waals surface area contributed by atoms with E-state index in [0.29, 0.717) is 5.56 Å². The van der Waals surface area contributed by atoms with Gasteiger partial charge < -0.3 is 15.4 Å². The van der Waals surface area contributed by atoms with Crippen LogP contribution in [-0.2, 0) is 0 Å². The summed E-state index contributed by atoms with van der Waals surface area (Å²) in [5.41, 5.74) is 2.06. The van der Waals surface area contributed by atoms with Gasteiger partial charge in [-0.25, -0.2) is 0 Å². The molecule has 1 heterocycles. The lowest BCUT2D eigenvalue weighted by Gasteiger charge is -2.33. The smallest absolute Gasteiger partial charge is 0.253 e. The SMILES string of the molecule is Cc1c[nH]cc1C(=O)N[C@H](c1ccccc1)C(C)(C)CO. The van der Waals surface area contributed by atoms with Crippen molar-refractivity contribution in [2.24, 2.45) is 5.41 Å². The van der Waals surface area contributed by atoms with Gasteiger partial charge in [0.2, 0.25) is 0 Å². The van der Waals surface area contributed by atoms with Gasteiger partial charge in [0.15, 0.2) is 0 Å². The first kappa shape index (κ1) is 15.3. The summed E-state index contributed by atoms with van der Waals surface area (Å²) in [4.78, 5) is 15.4. The Hall–Kier alpha value is -2.07. The van der Waals surface area contributed by atoms with Crippen LogP contribution in [0.1, 0.15) is 41.4 Å². The number of aromatic amines is 1. The van der Waals surface area contributed by atoms with Crippen molar-refractivity contribution in [3.63, 3.8) is 0 Å². The maximum absolute atomic E-state index is 12.5. The fourth-order valence-electron chi connectivity index (χ4n) is 2.36. The summed E-state index contributed by atoms with van der Waals surface area (Å²) in [6, 6.07) is 9.47. The fraction of sp³-hybridized carbons (Fsp3) is 0.353. The summed E-state index contributed by atoms with van der Waals surface area (Å²) in [5.74, 6) is -0.135. The minimum absolute atomic E-state index is 0.0149. The molecule has 0 bridgehead atoms. The lowest BCUT2D eigenvalue weighted by Crippen LogP contribution is -2.40. The lowest BCUT2D eigenvalue weighted by molar-refractivity contribution is 0.0808.